The van der Waals surface area contributed by atoms with Crippen LogP contribution < -0.4 is 5.32 Å². The SMILES string of the molecule is C#C[C@@H](O)[C@@H](O[C@@H](CO)COC(Cc1ccccc1)(C(=O)O)C(=O)O)n1cnc2c(NCC(C)(C)O)nc(Cl)nc21. The molecule has 3 rings (SSSR count). The summed E-state index contributed by atoms with van der Waals surface area (Å²) in [5.74, 6) is -1.24. The minimum absolute atomic E-state index is 0.0645. The fourth-order valence-corrected chi connectivity index (χ4v) is 3.91. The second kappa shape index (κ2) is 13.2. The van der Waals surface area contributed by atoms with Crippen LogP contribution in [0.25, 0.3) is 11.2 Å². The van der Waals surface area contributed by atoms with Crippen LogP contribution in [-0.2, 0) is 25.5 Å². The molecule has 0 unspecified atom stereocenters. The number of anilines is 1. The number of terminal acetylenes is 1. The molecule has 0 fully saturated rings. The van der Waals surface area contributed by atoms with Crippen LogP contribution in [0.15, 0.2) is 36.7 Å². The van der Waals surface area contributed by atoms with Crippen molar-refractivity contribution in [3.05, 3.63) is 47.5 Å². The van der Waals surface area contributed by atoms with E-state index in [-0.39, 0.29) is 28.8 Å². The molecule has 0 bridgehead atoms. The predicted octanol–water partition coefficient (Wildman–Crippen LogP) is 0.700. The zero-order valence-corrected chi connectivity index (χ0v) is 22.9. The van der Waals surface area contributed by atoms with Crippen LogP contribution in [0, 0.1) is 12.3 Å². The zero-order valence-electron chi connectivity index (χ0n) is 22.1. The van der Waals surface area contributed by atoms with Crippen LogP contribution in [0.5, 0.6) is 0 Å². The minimum Gasteiger partial charge on any atom is -0.479 e. The molecule has 0 aliphatic heterocycles. The second-order valence-electron chi connectivity index (χ2n) is 9.68. The Morgan fingerprint density at radius 1 is 1.20 bits per heavy atom. The largest absolute Gasteiger partial charge is 0.479 e. The Bertz CT molecular complexity index is 1390. The molecular weight excluding hydrogens is 562 g/mol. The van der Waals surface area contributed by atoms with Gasteiger partial charge in [0.25, 0.3) is 5.60 Å². The van der Waals surface area contributed by atoms with E-state index in [4.69, 9.17) is 27.5 Å². The normalized spacial score (nSPS) is 14.3. The first kappa shape index (κ1) is 31.7. The third-order valence-electron chi connectivity index (χ3n) is 5.84. The number of fused-ring (bicyclic) bond motifs is 1. The van der Waals surface area contributed by atoms with Gasteiger partial charge in [0.05, 0.1) is 25.1 Å². The quantitative estimate of drug-likeness (QED) is 0.0817. The Morgan fingerprint density at radius 3 is 2.41 bits per heavy atom. The van der Waals surface area contributed by atoms with E-state index < -0.39 is 61.2 Å². The van der Waals surface area contributed by atoms with E-state index in [9.17, 15) is 35.1 Å². The summed E-state index contributed by atoms with van der Waals surface area (Å²) >= 11 is 6.10. The van der Waals surface area contributed by atoms with Crippen molar-refractivity contribution in [1.82, 2.24) is 19.5 Å². The summed E-state index contributed by atoms with van der Waals surface area (Å²) in [5.41, 5.74) is -3.17. The van der Waals surface area contributed by atoms with E-state index in [1.165, 1.54) is 10.9 Å². The molecule has 3 aromatic rings. The third kappa shape index (κ3) is 7.67. The Balaban J connectivity index is 1.91. The number of imidazole rings is 1. The molecular formula is C26H30ClN5O9. The number of nitrogens with zero attached hydrogens (tertiary/aromatic N) is 4. The summed E-state index contributed by atoms with van der Waals surface area (Å²) in [6, 6.07) is 8.01. The Hall–Kier alpha value is -3.84. The highest BCUT2D eigenvalue weighted by Gasteiger charge is 2.49. The van der Waals surface area contributed by atoms with Crippen molar-refractivity contribution in [2.75, 3.05) is 25.1 Å². The van der Waals surface area contributed by atoms with Crippen molar-refractivity contribution < 1.29 is 44.6 Å². The highest BCUT2D eigenvalue weighted by molar-refractivity contribution is 6.28. The molecule has 0 aliphatic rings. The molecule has 2 aromatic heterocycles. The number of benzene rings is 1. The van der Waals surface area contributed by atoms with Gasteiger partial charge in [-0.1, -0.05) is 36.3 Å². The number of aliphatic hydroxyl groups excluding tert-OH is 2. The molecule has 3 atom stereocenters. The lowest BCUT2D eigenvalue weighted by Gasteiger charge is -2.30. The standard InChI is InChI=1S/C26H30ClN5O9/c1-4-17(34)21(32-14-29-18-19(28-13-25(2,3)39)30-24(27)31-20(18)32)41-16(11-33)12-40-26(22(35)36,23(37)38)10-15-8-6-5-7-9-15/h1,5-9,14,16-17,21,33-34,39H,10-13H2,2-3H3,(H,35,36)(H,37,38)(H,28,30,31)/t16-,17+,21+/m0/s1. The van der Waals surface area contributed by atoms with Crippen molar-refractivity contribution in [3.63, 3.8) is 0 Å². The molecule has 0 amide bonds. The van der Waals surface area contributed by atoms with E-state index in [2.05, 4.69) is 26.2 Å². The molecule has 41 heavy (non-hydrogen) atoms. The van der Waals surface area contributed by atoms with Crippen molar-refractivity contribution in [1.29, 1.82) is 0 Å². The van der Waals surface area contributed by atoms with Gasteiger partial charge < -0.3 is 40.3 Å². The number of halogens is 1. The maximum absolute atomic E-state index is 12.1. The molecule has 220 valence electrons. The fourth-order valence-electron chi connectivity index (χ4n) is 3.74. The van der Waals surface area contributed by atoms with Crippen molar-refractivity contribution in [2.45, 2.75) is 49.9 Å². The fraction of sp³-hybridized carbons (Fsp3) is 0.423. The molecule has 0 spiro atoms. The first-order valence-electron chi connectivity index (χ1n) is 12.2. The van der Waals surface area contributed by atoms with Gasteiger partial charge in [0.1, 0.15) is 6.10 Å². The Labute approximate surface area is 239 Å². The number of hydrogen-bond donors (Lipinski definition) is 6. The average Bonchev–Trinajstić information content (AvgIpc) is 3.34. The maximum Gasteiger partial charge on any atom is 0.348 e. The molecule has 0 aliphatic carbocycles. The zero-order chi connectivity index (χ0) is 30.4. The van der Waals surface area contributed by atoms with Crippen LogP contribution in [0.2, 0.25) is 5.28 Å². The number of carboxylic acid groups (broad SMARTS) is 2. The predicted molar refractivity (Wildman–Crippen MR) is 145 cm³/mol. The summed E-state index contributed by atoms with van der Waals surface area (Å²) in [6.07, 6.45) is 1.68. The molecule has 14 nitrogen and oxygen atoms in total. The number of rotatable bonds is 15. The topological polar surface area (TPSA) is 209 Å². The first-order chi connectivity index (χ1) is 19.3. The van der Waals surface area contributed by atoms with Gasteiger partial charge in [0, 0.05) is 13.0 Å². The van der Waals surface area contributed by atoms with Gasteiger partial charge in [0.15, 0.2) is 29.3 Å². The number of hydrogen-bond acceptors (Lipinski definition) is 11. The number of aliphatic hydroxyl groups is 3. The highest BCUT2D eigenvalue weighted by Crippen LogP contribution is 2.28. The molecule has 2 heterocycles. The van der Waals surface area contributed by atoms with Crippen LogP contribution in [0.1, 0.15) is 25.6 Å². The van der Waals surface area contributed by atoms with Gasteiger partial charge in [0.2, 0.25) is 5.28 Å². The number of ether oxygens (including phenoxy) is 2. The number of nitrogens with one attached hydrogen (secondary N) is 1. The molecule has 6 N–H and O–H groups in total. The Kier molecular flexibility index (Phi) is 10.2. The lowest BCUT2D eigenvalue weighted by molar-refractivity contribution is -0.195. The van der Waals surface area contributed by atoms with E-state index >= 15 is 0 Å². The van der Waals surface area contributed by atoms with E-state index in [1.54, 1.807) is 44.2 Å². The van der Waals surface area contributed by atoms with E-state index in [0.717, 1.165) is 0 Å². The summed E-state index contributed by atoms with van der Waals surface area (Å²) in [4.78, 5) is 36.7. The number of aromatic nitrogens is 4. The smallest absolute Gasteiger partial charge is 0.348 e. The summed E-state index contributed by atoms with van der Waals surface area (Å²) in [7, 11) is 0. The van der Waals surface area contributed by atoms with Gasteiger partial charge in [-0.15, -0.1) is 6.42 Å². The minimum atomic E-state index is -2.71. The van der Waals surface area contributed by atoms with E-state index in [0.29, 0.717) is 5.56 Å². The van der Waals surface area contributed by atoms with Crippen LogP contribution >= 0.6 is 11.6 Å². The summed E-state index contributed by atoms with van der Waals surface area (Å²) in [5, 5.41) is 53.0. The highest BCUT2D eigenvalue weighted by atomic mass is 35.5. The average molecular weight is 592 g/mol. The first-order valence-corrected chi connectivity index (χ1v) is 12.6. The lowest BCUT2D eigenvalue weighted by Crippen LogP contribution is -2.52. The van der Waals surface area contributed by atoms with Gasteiger partial charge in [-0.2, -0.15) is 9.97 Å². The Morgan fingerprint density at radius 2 is 1.85 bits per heavy atom. The van der Waals surface area contributed by atoms with Gasteiger partial charge >= 0.3 is 11.9 Å². The van der Waals surface area contributed by atoms with Gasteiger partial charge in [-0.25, -0.2) is 14.6 Å². The molecule has 1 aromatic carbocycles. The number of aliphatic carboxylic acids is 2. The third-order valence-corrected chi connectivity index (χ3v) is 6.00. The van der Waals surface area contributed by atoms with Crippen LogP contribution in [-0.4, -0.2) is 100 Å². The van der Waals surface area contributed by atoms with Crippen molar-refractivity contribution in [3.8, 4) is 12.3 Å². The summed E-state index contributed by atoms with van der Waals surface area (Å²) < 4.78 is 12.4. The number of carbonyl (C=O) groups is 2. The van der Waals surface area contributed by atoms with Crippen LogP contribution in [0.4, 0.5) is 5.82 Å². The summed E-state index contributed by atoms with van der Waals surface area (Å²) in [6.45, 7) is 1.75. The monoisotopic (exact) mass is 591 g/mol. The van der Waals surface area contributed by atoms with Gasteiger partial charge in [-0.3, -0.25) is 4.57 Å². The van der Waals surface area contributed by atoms with Crippen molar-refractivity contribution in [2.24, 2.45) is 0 Å². The van der Waals surface area contributed by atoms with E-state index in [1.807, 2.05) is 0 Å². The molecule has 0 saturated carbocycles. The lowest BCUT2D eigenvalue weighted by atomic mass is 9.94. The molecule has 15 heteroatoms. The van der Waals surface area contributed by atoms with Crippen molar-refractivity contribution >= 4 is 40.5 Å². The molecule has 0 saturated heterocycles. The van der Waals surface area contributed by atoms with Gasteiger partial charge in [-0.05, 0) is 31.0 Å². The second-order valence-corrected chi connectivity index (χ2v) is 10.0. The molecule has 0 radical (unpaired) electrons. The maximum atomic E-state index is 12.1. The van der Waals surface area contributed by atoms with Crippen LogP contribution in [0.3, 0.4) is 0 Å². The number of carboxylic acids is 2.